The SMILES string of the molecule is COCCN(C1CC1)S(=O)(=O)Cc1ccccc1N. The first-order valence-electron chi connectivity index (χ1n) is 6.36. The molecule has 0 aromatic heterocycles. The van der Waals surface area contributed by atoms with Crippen LogP contribution in [0.1, 0.15) is 18.4 Å². The molecule has 0 radical (unpaired) electrons. The fraction of sp³-hybridized carbons (Fsp3) is 0.538. The van der Waals surface area contributed by atoms with Gasteiger partial charge in [-0.15, -0.1) is 0 Å². The highest BCUT2D eigenvalue weighted by Crippen LogP contribution is 2.30. The van der Waals surface area contributed by atoms with Crippen LogP contribution in [-0.2, 0) is 20.5 Å². The number of para-hydroxylation sites is 1. The van der Waals surface area contributed by atoms with Crippen molar-refractivity contribution in [1.82, 2.24) is 4.31 Å². The van der Waals surface area contributed by atoms with E-state index in [9.17, 15) is 8.42 Å². The second kappa shape index (κ2) is 5.90. The van der Waals surface area contributed by atoms with Crippen molar-refractivity contribution in [2.45, 2.75) is 24.6 Å². The molecule has 106 valence electrons. The van der Waals surface area contributed by atoms with Crippen LogP contribution in [0.4, 0.5) is 5.69 Å². The summed E-state index contributed by atoms with van der Waals surface area (Å²) >= 11 is 0. The molecule has 2 N–H and O–H groups in total. The van der Waals surface area contributed by atoms with Crippen LogP contribution >= 0.6 is 0 Å². The smallest absolute Gasteiger partial charge is 0.218 e. The lowest BCUT2D eigenvalue weighted by Gasteiger charge is -2.21. The van der Waals surface area contributed by atoms with Gasteiger partial charge in [0.2, 0.25) is 10.0 Å². The van der Waals surface area contributed by atoms with Crippen molar-refractivity contribution in [2.75, 3.05) is 26.0 Å². The van der Waals surface area contributed by atoms with Gasteiger partial charge < -0.3 is 10.5 Å². The second-order valence-corrected chi connectivity index (χ2v) is 6.71. The highest BCUT2D eigenvalue weighted by Gasteiger charge is 2.36. The average Bonchev–Trinajstić information content (AvgIpc) is 3.16. The lowest BCUT2D eigenvalue weighted by atomic mass is 10.2. The van der Waals surface area contributed by atoms with E-state index in [2.05, 4.69) is 0 Å². The van der Waals surface area contributed by atoms with Gasteiger partial charge in [-0.05, 0) is 24.5 Å². The van der Waals surface area contributed by atoms with E-state index in [1.165, 1.54) is 0 Å². The maximum absolute atomic E-state index is 12.5. The first-order valence-corrected chi connectivity index (χ1v) is 7.97. The molecule has 1 aliphatic rings. The van der Waals surface area contributed by atoms with Gasteiger partial charge in [0.15, 0.2) is 0 Å². The first kappa shape index (κ1) is 14.3. The van der Waals surface area contributed by atoms with Crippen molar-refractivity contribution in [3.05, 3.63) is 29.8 Å². The lowest BCUT2D eigenvalue weighted by Crippen LogP contribution is -2.36. The van der Waals surface area contributed by atoms with Gasteiger partial charge in [0.25, 0.3) is 0 Å². The van der Waals surface area contributed by atoms with Gasteiger partial charge in [-0.3, -0.25) is 0 Å². The Morgan fingerprint density at radius 1 is 1.37 bits per heavy atom. The number of anilines is 1. The zero-order valence-electron chi connectivity index (χ0n) is 11.1. The van der Waals surface area contributed by atoms with E-state index in [-0.39, 0.29) is 11.8 Å². The summed E-state index contributed by atoms with van der Waals surface area (Å²) in [6.07, 6.45) is 1.88. The Kier molecular flexibility index (Phi) is 4.44. The molecule has 0 saturated heterocycles. The van der Waals surface area contributed by atoms with Crippen LogP contribution in [0.5, 0.6) is 0 Å². The summed E-state index contributed by atoms with van der Waals surface area (Å²) in [6.45, 7) is 0.830. The maximum Gasteiger partial charge on any atom is 0.218 e. The van der Waals surface area contributed by atoms with E-state index in [1.807, 2.05) is 0 Å². The van der Waals surface area contributed by atoms with E-state index >= 15 is 0 Å². The Balaban J connectivity index is 2.13. The molecule has 6 heteroatoms. The van der Waals surface area contributed by atoms with Crippen LogP contribution < -0.4 is 5.73 Å². The molecule has 1 saturated carbocycles. The number of nitrogen functional groups attached to an aromatic ring is 1. The Morgan fingerprint density at radius 2 is 2.05 bits per heavy atom. The minimum absolute atomic E-state index is 0.0418. The maximum atomic E-state index is 12.5. The van der Waals surface area contributed by atoms with Gasteiger partial charge in [0.05, 0.1) is 12.4 Å². The van der Waals surface area contributed by atoms with E-state index < -0.39 is 10.0 Å². The summed E-state index contributed by atoms with van der Waals surface area (Å²) in [5.41, 5.74) is 6.99. The zero-order valence-corrected chi connectivity index (χ0v) is 11.9. The van der Waals surface area contributed by atoms with Gasteiger partial charge in [-0.2, -0.15) is 4.31 Å². The van der Waals surface area contributed by atoms with Crippen molar-refractivity contribution < 1.29 is 13.2 Å². The number of sulfonamides is 1. The summed E-state index contributed by atoms with van der Waals surface area (Å²) in [4.78, 5) is 0. The third-order valence-electron chi connectivity index (χ3n) is 3.22. The summed E-state index contributed by atoms with van der Waals surface area (Å²) < 4.78 is 31.5. The van der Waals surface area contributed by atoms with E-state index in [0.717, 1.165) is 12.8 Å². The van der Waals surface area contributed by atoms with Crippen molar-refractivity contribution >= 4 is 15.7 Å². The molecule has 5 nitrogen and oxygen atoms in total. The van der Waals surface area contributed by atoms with Gasteiger partial charge in [-0.1, -0.05) is 18.2 Å². The topological polar surface area (TPSA) is 72.6 Å². The van der Waals surface area contributed by atoms with Crippen LogP contribution in [0, 0.1) is 0 Å². The van der Waals surface area contributed by atoms with Gasteiger partial charge >= 0.3 is 0 Å². The number of nitrogens with two attached hydrogens (primary N) is 1. The van der Waals surface area contributed by atoms with Crippen LogP contribution in [0.3, 0.4) is 0 Å². The predicted molar refractivity (Wildman–Crippen MR) is 75.1 cm³/mol. The first-order chi connectivity index (χ1) is 9.04. The molecular formula is C13H20N2O3S. The molecule has 2 rings (SSSR count). The quantitative estimate of drug-likeness (QED) is 0.764. The summed E-state index contributed by atoms with van der Waals surface area (Å²) in [5, 5.41) is 0. The molecule has 0 unspecified atom stereocenters. The highest BCUT2D eigenvalue weighted by atomic mass is 32.2. The third kappa shape index (κ3) is 3.68. The minimum atomic E-state index is -3.33. The molecule has 1 aliphatic carbocycles. The van der Waals surface area contributed by atoms with Crippen LogP contribution in [0.25, 0.3) is 0 Å². The summed E-state index contributed by atoms with van der Waals surface area (Å²) in [6, 6.07) is 7.23. The van der Waals surface area contributed by atoms with Crippen molar-refractivity contribution in [1.29, 1.82) is 0 Å². The van der Waals surface area contributed by atoms with Crippen LogP contribution in [0.15, 0.2) is 24.3 Å². The van der Waals surface area contributed by atoms with Crippen molar-refractivity contribution in [3.8, 4) is 0 Å². The average molecular weight is 284 g/mol. The van der Waals surface area contributed by atoms with Crippen LogP contribution in [-0.4, -0.2) is 39.0 Å². The number of ether oxygens (including phenoxy) is 1. The molecule has 1 aromatic carbocycles. The molecule has 0 heterocycles. The van der Waals surface area contributed by atoms with E-state index in [4.69, 9.17) is 10.5 Å². The lowest BCUT2D eigenvalue weighted by molar-refractivity contribution is 0.177. The van der Waals surface area contributed by atoms with Gasteiger partial charge in [0, 0.05) is 25.4 Å². The van der Waals surface area contributed by atoms with Crippen molar-refractivity contribution in [2.24, 2.45) is 0 Å². The Morgan fingerprint density at radius 3 is 2.63 bits per heavy atom. The molecule has 0 amide bonds. The zero-order chi connectivity index (χ0) is 13.9. The molecule has 0 bridgehead atoms. The van der Waals surface area contributed by atoms with E-state index in [0.29, 0.717) is 24.4 Å². The standard InChI is InChI=1S/C13H20N2O3S/c1-18-9-8-15(12-6-7-12)19(16,17)10-11-4-2-3-5-13(11)14/h2-5,12H,6-10,14H2,1H3. The van der Waals surface area contributed by atoms with Gasteiger partial charge in [0.1, 0.15) is 0 Å². The molecule has 0 aliphatic heterocycles. The van der Waals surface area contributed by atoms with Gasteiger partial charge in [-0.25, -0.2) is 8.42 Å². The number of rotatable bonds is 7. The summed E-state index contributed by atoms with van der Waals surface area (Å²) in [5.74, 6) is -0.0418. The Hall–Kier alpha value is -1.11. The molecule has 1 fully saturated rings. The van der Waals surface area contributed by atoms with E-state index in [1.54, 1.807) is 35.7 Å². The number of benzene rings is 1. The highest BCUT2D eigenvalue weighted by molar-refractivity contribution is 7.88. The monoisotopic (exact) mass is 284 g/mol. The predicted octanol–water partition coefficient (Wildman–Crippen LogP) is 1.21. The number of hydrogen-bond donors (Lipinski definition) is 1. The molecule has 0 atom stereocenters. The molecule has 19 heavy (non-hydrogen) atoms. The molecule has 0 spiro atoms. The molecular weight excluding hydrogens is 264 g/mol. The largest absolute Gasteiger partial charge is 0.398 e. The fourth-order valence-electron chi connectivity index (χ4n) is 2.04. The Bertz CT molecular complexity index is 526. The molecule has 1 aromatic rings. The third-order valence-corrected chi connectivity index (χ3v) is 5.09. The second-order valence-electron chi connectivity index (χ2n) is 4.79. The Labute approximate surface area is 114 Å². The van der Waals surface area contributed by atoms with Crippen molar-refractivity contribution in [3.63, 3.8) is 0 Å². The number of hydrogen-bond acceptors (Lipinski definition) is 4. The normalized spacial score (nSPS) is 15.9. The minimum Gasteiger partial charge on any atom is -0.398 e. The van der Waals surface area contributed by atoms with Crippen LogP contribution in [0.2, 0.25) is 0 Å². The fourth-order valence-corrected chi connectivity index (χ4v) is 3.88. The number of nitrogens with zero attached hydrogens (tertiary/aromatic N) is 1. The number of methoxy groups -OCH3 is 1. The summed E-state index contributed by atoms with van der Waals surface area (Å²) in [7, 11) is -1.76.